The maximum absolute atomic E-state index is 13.4. The summed E-state index contributed by atoms with van der Waals surface area (Å²) in [5.74, 6) is -0.442. The molecule has 0 radical (unpaired) electrons. The van der Waals surface area contributed by atoms with Crippen molar-refractivity contribution >= 4 is 28.1 Å². The number of hydrogen-bond acceptors (Lipinski definition) is 1. The van der Waals surface area contributed by atoms with Gasteiger partial charge in [0.05, 0.1) is 10.7 Å². The number of halogens is 2. The standard InChI is InChI=1S/C10H7ClFN/c11-7-3-1-2-6-4-5-8(13)10(12)9(6)7/h1-5H,13H2. The summed E-state index contributed by atoms with van der Waals surface area (Å²) in [6.45, 7) is 0. The van der Waals surface area contributed by atoms with Crippen LogP contribution in [0.4, 0.5) is 10.1 Å². The van der Waals surface area contributed by atoms with Gasteiger partial charge in [0.25, 0.3) is 0 Å². The van der Waals surface area contributed by atoms with E-state index in [4.69, 9.17) is 17.3 Å². The van der Waals surface area contributed by atoms with Crippen LogP contribution in [0, 0.1) is 5.82 Å². The molecule has 0 spiro atoms. The number of nitrogens with two attached hydrogens (primary N) is 1. The molecule has 2 rings (SSSR count). The van der Waals surface area contributed by atoms with E-state index in [-0.39, 0.29) is 5.69 Å². The summed E-state index contributed by atoms with van der Waals surface area (Å²) < 4.78 is 13.4. The van der Waals surface area contributed by atoms with Crippen LogP contribution in [-0.4, -0.2) is 0 Å². The number of nitrogen functional groups attached to an aromatic ring is 1. The van der Waals surface area contributed by atoms with E-state index in [0.29, 0.717) is 10.4 Å². The van der Waals surface area contributed by atoms with Crippen molar-refractivity contribution in [3.8, 4) is 0 Å². The Morgan fingerprint density at radius 3 is 2.69 bits per heavy atom. The fourth-order valence-corrected chi connectivity index (χ4v) is 1.57. The van der Waals surface area contributed by atoms with E-state index in [9.17, 15) is 4.39 Å². The van der Waals surface area contributed by atoms with Gasteiger partial charge in [0.15, 0.2) is 5.82 Å². The first-order valence-corrected chi connectivity index (χ1v) is 4.20. The largest absolute Gasteiger partial charge is 0.396 e. The lowest BCUT2D eigenvalue weighted by Crippen LogP contribution is -1.91. The number of rotatable bonds is 0. The summed E-state index contributed by atoms with van der Waals surface area (Å²) >= 11 is 5.84. The van der Waals surface area contributed by atoms with Crippen molar-refractivity contribution in [1.29, 1.82) is 0 Å². The maximum atomic E-state index is 13.4. The molecule has 0 aliphatic heterocycles. The van der Waals surface area contributed by atoms with E-state index in [1.165, 1.54) is 6.07 Å². The van der Waals surface area contributed by atoms with Crippen molar-refractivity contribution in [2.75, 3.05) is 5.73 Å². The minimum absolute atomic E-state index is 0.126. The molecule has 0 fully saturated rings. The van der Waals surface area contributed by atoms with Gasteiger partial charge in [-0.05, 0) is 17.5 Å². The summed E-state index contributed by atoms with van der Waals surface area (Å²) in [5.41, 5.74) is 5.55. The summed E-state index contributed by atoms with van der Waals surface area (Å²) in [5, 5.41) is 1.55. The van der Waals surface area contributed by atoms with E-state index >= 15 is 0 Å². The molecular weight excluding hydrogens is 189 g/mol. The van der Waals surface area contributed by atoms with Crippen LogP contribution in [-0.2, 0) is 0 Å². The van der Waals surface area contributed by atoms with Gasteiger partial charge in [-0.1, -0.05) is 29.8 Å². The van der Waals surface area contributed by atoms with Gasteiger partial charge in [-0.25, -0.2) is 4.39 Å². The van der Waals surface area contributed by atoms with Crippen LogP contribution in [0.25, 0.3) is 10.8 Å². The molecule has 0 aliphatic rings. The van der Waals surface area contributed by atoms with Gasteiger partial charge in [-0.15, -0.1) is 0 Å². The molecule has 3 heteroatoms. The molecule has 0 saturated carbocycles. The van der Waals surface area contributed by atoms with Crippen molar-refractivity contribution in [3.63, 3.8) is 0 Å². The van der Waals surface area contributed by atoms with Gasteiger partial charge >= 0.3 is 0 Å². The quantitative estimate of drug-likeness (QED) is 0.642. The average Bonchev–Trinajstić information content (AvgIpc) is 2.12. The molecule has 0 atom stereocenters. The first-order valence-electron chi connectivity index (χ1n) is 3.82. The summed E-state index contributed by atoms with van der Waals surface area (Å²) in [4.78, 5) is 0. The molecule has 0 heterocycles. The predicted octanol–water partition coefficient (Wildman–Crippen LogP) is 3.21. The summed E-state index contributed by atoms with van der Waals surface area (Å²) in [6, 6.07) is 8.50. The molecule has 0 bridgehead atoms. The molecule has 2 aromatic carbocycles. The van der Waals surface area contributed by atoms with Crippen molar-refractivity contribution < 1.29 is 4.39 Å². The van der Waals surface area contributed by atoms with Crippen LogP contribution in [0.15, 0.2) is 30.3 Å². The SMILES string of the molecule is Nc1ccc2cccc(Cl)c2c1F. The number of benzene rings is 2. The molecular formula is C10H7ClFN. The first-order chi connectivity index (χ1) is 6.20. The Morgan fingerprint density at radius 2 is 1.92 bits per heavy atom. The van der Waals surface area contributed by atoms with Crippen LogP contribution in [0.3, 0.4) is 0 Å². The van der Waals surface area contributed by atoms with Gasteiger partial charge in [-0.3, -0.25) is 0 Å². The van der Waals surface area contributed by atoms with Crippen LogP contribution in [0.1, 0.15) is 0 Å². The van der Waals surface area contributed by atoms with E-state index in [2.05, 4.69) is 0 Å². The smallest absolute Gasteiger partial charge is 0.155 e. The van der Waals surface area contributed by atoms with Crippen molar-refractivity contribution in [1.82, 2.24) is 0 Å². The highest BCUT2D eigenvalue weighted by molar-refractivity contribution is 6.35. The van der Waals surface area contributed by atoms with Crippen LogP contribution in [0.5, 0.6) is 0 Å². The third kappa shape index (κ3) is 1.23. The van der Waals surface area contributed by atoms with E-state index in [1.54, 1.807) is 24.3 Å². The third-order valence-electron chi connectivity index (χ3n) is 1.96. The Kier molecular flexibility index (Phi) is 1.85. The Hall–Kier alpha value is -1.28. The van der Waals surface area contributed by atoms with Gasteiger partial charge < -0.3 is 5.73 Å². The zero-order valence-corrected chi connectivity index (χ0v) is 7.48. The fraction of sp³-hybridized carbons (Fsp3) is 0. The molecule has 0 amide bonds. The number of anilines is 1. The maximum Gasteiger partial charge on any atom is 0.155 e. The number of fused-ring (bicyclic) bond motifs is 1. The topological polar surface area (TPSA) is 26.0 Å². The molecule has 1 nitrogen and oxygen atoms in total. The van der Waals surface area contributed by atoms with Gasteiger partial charge in [0, 0.05) is 5.39 Å². The summed E-state index contributed by atoms with van der Waals surface area (Å²) in [6.07, 6.45) is 0. The average molecular weight is 196 g/mol. The van der Waals surface area contributed by atoms with E-state index in [0.717, 1.165) is 5.39 Å². The number of hydrogen-bond donors (Lipinski definition) is 1. The van der Waals surface area contributed by atoms with Gasteiger partial charge in [0.1, 0.15) is 0 Å². The molecule has 0 aromatic heterocycles. The zero-order chi connectivity index (χ0) is 9.42. The van der Waals surface area contributed by atoms with Crippen molar-refractivity contribution in [2.24, 2.45) is 0 Å². The fourth-order valence-electron chi connectivity index (χ4n) is 1.31. The second kappa shape index (κ2) is 2.89. The molecule has 0 saturated heterocycles. The first kappa shape index (κ1) is 8.32. The lowest BCUT2D eigenvalue weighted by molar-refractivity contribution is 0.644. The predicted molar refractivity (Wildman–Crippen MR) is 53.3 cm³/mol. The highest BCUT2D eigenvalue weighted by atomic mass is 35.5. The molecule has 13 heavy (non-hydrogen) atoms. The highest BCUT2D eigenvalue weighted by Gasteiger charge is 2.07. The zero-order valence-electron chi connectivity index (χ0n) is 6.72. The van der Waals surface area contributed by atoms with E-state index in [1.807, 2.05) is 0 Å². The monoisotopic (exact) mass is 195 g/mol. The normalized spacial score (nSPS) is 10.6. The van der Waals surface area contributed by atoms with Gasteiger partial charge in [-0.2, -0.15) is 0 Å². The third-order valence-corrected chi connectivity index (χ3v) is 2.28. The Balaban J connectivity index is 2.97. The van der Waals surface area contributed by atoms with E-state index < -0.39 is 5.82 Å². The second-order valence-electron chi connectivity index (χ2n) is 2.81. The van der Waals surface area contributed by atoms with Crippen molar-refractivity contribution in [2.45, 2.75) is 0 Å². The molecule has 0 unspecified atom stereocenters. The molecule has 0 aliphatic carbocycles. The highest BCUT2D eigenvalue weighted by Crippen LogP contribution is 2.28. The Labute approximate surface area is 79.9 Å². The van der Waals surface area contributed by atoms with Crippen molar-refractivity contribution in [3.05, 3.63) is 41.2 Å². The second-order valence-corrected chi connectivity index (χ2v) is 3.21. The summed E-state index contributed by atoms with van der Waals surface area (Å²) in [7, 11) is 0. The molecule has 2 N–H and O–H groups in total. The minimum Gasteiger partial charge on any atom is -0.396 e. The van der Waals surface area contributed by atoms with Crippen LogP contribution < -0.4 is 5.73 Å². The molecule has 2 aromatic rings. The molecule has 66 valence electrons. The minimum atomic E-state index is -0.442. The van der Waals surface area contributed by atoms with Gasteiger partial charge in [0.2, 0.25) is 0 Å². The lowest BCUT2D eigenvalue weighted by Gasteiger charge is -2.03. The van der Waals surface area contributed by atoms with Crippen LogP contribution >= 0.6 is 11.6 Å². The lowest BCUT2D eigenvalue weighted by atomic mass is 10.1. The Bertz CT molecular complexity index is 468. The van der Waals surface area contributed by atoms with Crippen LogP contribution in [0.2, 0.25) is 5.02 Å². The Morgan fingerprint density at radius 1 is 1.15 bits per heavy atom.